The highest BCUT2D eigenvalue weighted by Crippen LogP contribution is 2.17. The van der Waals surface area contributed by atoms with Crippen LogP contribution in [0.15, 0.2) is 30.7 Å². The lowest BCUT2D eigenvalue weighted by Crippen LogP contribution is -2.32. The normalized spacial score (nSPS) is 15.0. The summed E-state index contributed by atoms with van der Waals surface area (Å²) in [4.78, 5) is 18.9. The number of carbonyl (C=O) groups is 1. The maximum absolute atomic E-state index is 12.0. The number of urea groups is 1. The molecule has 0 spiro atoms. The van der Waals surface area contributed by atoms with Crippen LogP contribution in [-0.2, 0) is 7.05 Å². The number of aromatic nitrogens is 3. The molecule has 1 aliphatic rings. The zero-order chi connectivity index (χ0) is 18.2. The van der Waals surface area contributed by atoms with Gasteiger partial charge in [0.1, 0.15) is 0 Å². The highest BCUT2D eigenvalue weighted by molar-refractivity contribution is 5.89. The van der Waals surface area contributed by atoms with Crippen LogP contribution in [0.1, 0.15) is 32.1 Å². The van der Waals surface area contributed by atoms with Crippen molar-refractivity contribution in [2.24, 2.45) is 7.05 Å². The fourth-order valence-corrected chi connectivity index (χ4v) is 3.21. The number of carbonyl (C=O) groups excluding carboxylic acids is 1. The van der Waals surface area contributed by atoms with Gasteiger partial charge in [-0.2, -0.15) is 5.10 Å². The Hall–Kier alpha value is -2.41. The summed E-state index contributed by atoms with van der Waals surface area (Å²) < 4.78 is 1.74. The molecule has 140 valence electrons. The molecule has 7 heteroatoms. The number of rotatable bonds is 7. The first-order valence-electron chi connectivity index (χ1n) is 9.43. The van der Waals surface area contributed by atoms with Crippen molar-refractivity contribution in [2.75, 3.05) is 31.5 Å². The summed E-state index contributed by atoms with van der Waals surface area (Å²) >= 11 is 0. The zero-order valence-electron chi connectivity index (χ0n) is 15.4. The summed E-state index contributed by atoms with van der Waals surface area (Å²) in [7, 11) is 1.87. The summed E-state index contributed by atoms with van der Waals surface area (Å²) in [6.45, 7) is 4.30. The van der Waals surface area contributed by atoms with Gasteiger partial charge in [0.25, 0.3) is 0 Å². The molecule has 26 heavy (non-hydrogen) atoms. The summed E-state index contributed by atoms with van der Waals surface area (Å²) in [6.07, 6.45) is 11.5. The lowest BCUT2D eigenvalue weighted by molar-refractivity contribution is 0.224. The monoisotopic (exact) mass is 356 g/mol. The molecule has 1 aliphatic heterocycles. The topological polar surface area (TPSA) is 75.1 Å². The van der Waals surface area contributed by atoms with Crippen LogP contribution in [0.2, 0.25) is 0 Å². The van der Waals surface area contributed by atoms with Crippen LogP contribution in [0.3, 0.4) is 0 Å². The third-order valence-electron chi connectivity index (χ3n) is 4.66. The van der Waals surface area contributed by atoms with E-state index >= 15 is 0 Å². The minimum absolute atomic E-state index is 0.182. The molecule has 0 aromatic carbocycles. The third kappa shape index (κ3) is 5.56. The molecule has 0 atom stereocenters. The molecule has 1 saturated heterocycles. The number of nitrogens with zero attached hydrogens (tertiary/aromatic N) is 4. The quantitative estimate of drug-likeness (QED) is 0.748. The Labute approximate surface area is 154 Å². The first-order chi connectivity index (χ1) is 12.7. The van der Waals surface area contributed by atoms with E-state index in [0.29, 0.717) is 12.2 Å². The Morgan fingerprint density at radius 3 is 2.69 bits per heavy atom. The molecule has 2 N–H and O–H groups in total. The second kappa shape index (κ2) is 9.33. The fraction of sp³-hybridized carbons (Fsp3) is 0.526. The number of nitrogens with one attached hydrogen (secondary N) is 2. The van der Waals surface area contributed by atoms with E-state index in [1.165, 1.54) is 32.4 Å². The molecule has 0 saturated carbocycles. The molecule has 0 bridgehead atoms. The molecule has 2 amide bonds. The van der Waals surface area contributed by atoms with Crippen molar-refractivity contribution < 1.29 is 4.79 Å². The molecule has 3 rings (SSSR count). The number of hydrogen-bond acceptors (Lipinski definition) is 4. The van der Waals surface area contributed by atoms with E-state index in [2.05, 4.69) is 25.6 Å². The van der Waals surface area contributed by atoms with Gasteiger partial charge in [-0.25, -0.2) is 4.79 Å². The van der Waals surface area contributed by atoms with Gasteiger partial charge in [0.05, 0.1) is 23.8 Å². The first-order valence-corrected chi connectivity index (χ1v) is 9.43. The van der Waals surface area contributed by atoms with Gasteiger partial charge < -0.3 is 15.5 Å². The Bertz CT molecular complexity index is 690. The predicted octanol–water partition coefficient (Wildman–Crippen LogP) is 2.87. The molecule has 1 fully saturated rings. The minimum atomic E-state index is -0.182. The number of anilines is 1. The van der Waals surface area contributed by atoms with E-state index in [1.54, 1.807) is 17.1 Å². The van der Waals surface area contributed by atoms with Crippen LogP contribution < -0.4 is 10.6 Å². The van der Waals surface area contributed by atoms with Crippen LogP contribution in [0.5, 0.6) is 0 Å². The molecule has 7 nitrogen and oxygen atoms in total. The maximum atomic E-state index is 12.0. The van der Waals surface area contributed by atoms with E-state index < -0.39 is 0 Å². The second-order valence-electron chi connectivity index (χ2n) is 6.83. The van der Waals surface area contributed by atoms with Gasteiger partial charge in [-0.05, 0) is 57.5 Å². The molecule has 3 heterocycles. The predicted molar refractivity (Wildman–Crippen MR) is 103 cm³/mol. The lowest BCUT2D eigenvalue weighted by Gasteiger charge is -2.26. The number of pyridine rings is 1. The minimum Gasteiger partial charge on any atom is -0.338 e. The molecular weight excluding hydrogens is 328 g/mol. The summed E-state index contributed by atoms with van der Waals surface area (Å²) in [6, 6.07) is 3.55. The summed E-state index contributed by atoms with van der Waals surface area (Å²) in [5, 5.41) is 9.87. The van der Waals surface area contributed by atoms with Crippen LogP contribution in [0.25, 0.3) is 11.3 Å². The number of aryl methyl sites for hydroxylation is 1. The molecule has 2 aromatic rings. The van der Waals surface area contributed by atoms with Gasteiger partial charge >= 0.3 is 6.03 Å². The van der Waals surface area contributed by atoms with Crippen molar-refractivity contribution >= 4 is 11.7 Å². The Morgan fingerprint density at radius 2 is 2.00 bits per heavy atom. The number of piperidine rings is 1. The third-order valence-corrected chi connectivity index (χ3v) is 4.66. The number of hydrogen-bond donors (Lipinski definition) is 2. The highest BCUT2D eigenvalue weighted by Gasteiger charge is 2.09. The number of unbranched alkanes of at least 4 members (excludes halogenated alkanes) is 1. The van der Waals surface area contributed by atoms with Crippen molar-refractivity contribution in [1.29, 1.82) is 0 Å². The van der Waals surface area contributed by atoms with E-state index in [1.807, 2.05) is 25.4 Å². The van der Waals surface area contributed by atoms with Gasteiger partial charge in [-0.3, -0.25) is 9.67 Å². The van der Waals surface area contributed by atoms with Crippen molar-refractivity contribution in [3.63, 3.8) is 0 Å². The van der Waals surface area contributed by atoms with Gasteiger partial charge in [0.15, 0.2) is 0 Å². The summed E-state index contributed by atoms with van der Waals surface area (Å²) in [5.74, 6) is 0. The zero-order valence-corrected chi connectivity index (χ0v) is 15.4. The van der Waals surface area contributed by atoms with Crippen LogP contribution in [0.4, 0.5) is 10.5 Å². The average Bonchev–Trinajstić information content (AvgIpc) is 3.09. The highest BCUT2D eigenvalue weighted by atomic mass is 16.2. The first kappa shape index (κ1) is 18.4. The van der Waals surface area contributed by atoms with Crippen molar-refractivity contribution in [2.45, 2.75) is 32.1 Å². The second-order valence-corrected chi connectivity index (χ2v) is 6.83. The Kier molecular flexibility index (Phi) is 6.60. The van der Waals surface area contributed by atoms with E-state index in [9.17, 15) is 4.79 Å². The fourth-order valence-electron chi connectivity index (χ4n) is 3.21. The standard InChI is InChI=1S/C19H28N6O/c1-24-15-16(13-22-24)18-8-7-17(14-21-18)23-19(26)20-9-3-6-12-25-10-4-2-5-11-25/h7-8,13-15H,2-6,9-12H2,1H3,(H2,20,23,26). The number of amides is 2. The van der Waals surface area contributed by atoms with Crippen molar-refractivity contribution in [3.05, 3.63) is 30.7 Å². The van der Waals surface area contributed by atoms with Gasteiger partial charge in [0, 0.05) is 25.4 Å². The van der Waals surface area contributed by atoms with Crippen LogP contribution >= 0.6 is 0 Å². The van der Waals surface area contributed by atoms with Crippen molar-refractivity contribution in [1.82, 2.24) is 25.0 Å². The smallest absolute Gasteiger partial charge is 0.319 e. The van der Waals surface area contributed by atoms with E-state index in [-0.39, 0.29) is 6.03 Å². The van der Waals surface area contributed by atoms with Crippen LogP contribution in [-0.4, -0.2) is 51.9 Å². The molecule has 0 aliphatic carbocycles. The lowest BCUT2D eigenvalue weighted by atomic mass is 10.1. The maximum Gasteiger partial charge on any atom is 0.319 e. The van der Waals surface area contributed by atoms with E-state index in [0.717, 1.165) is 30.6 Å². The van der Waals surface area contributed by atoms with Crippen LogP contribution in [0, 0.1) is 0 Å². The van der Waals surface area contributed by atoms with Gasteiger partial charge in [0.2, 0.25) is 0 Å². The van der Waals surface area contributed by atoms with Gasteiger partial charge in [-0.15, -0.1) is 0 Å². The van der Waals surface area contributed by atoms with Gasteiger partial charge in [-0.1, -0.05) is 6.42 Å². The SMILES string of the molecule is Cn1cc(-c2ccc(NC(=O)NCCCCN3CCCCC3)cn2)cn1. The number of likely N-dealkylation sites (tertiary alicyclic amines) is 1. The molecule has 2 aromatic heterocycles. The molecular formula is C19H28N6O. The summed E-state index contributed by atoms with van der Waals surface area (Å²) in [5.41, 5.74) is 2.47. The molecule has 0 unspecified atom stereocenters. The van der Waals surface area contributed by atoms with E-state index in [4.69, 9.17) is 0 Å². The Morgan fingerprint density at radius 1 is 1.15 bits per heavy atom. The average molecular weight is 356 g/mol. The largest absolute Gasteiger partial charge is 0.338 e. The molecule has 0 radical (unpaired) electrons. The Balaban J connectivity index is 1.34. The van der Waals surface area contributed by atoms with Crippen molar-refractivity contribution in [3.8, 4) is 11.3 Å².